The van der Waals surface area contributed by atoms with E-state index >= 15 is 0 Å². The van der Waals surface area contributed by atoms with Gasteiger partial charge in [0.05, 0.1) is 0 Å². The van der Waals surface area contributed by atoms with Crippen LogP contribution in [0.3, 0.4) is 0 Å². The second-order valence-electron chi connectivity index (χ2n) is 4.46. The first-order valence-corrected chi connectivity index (χ1v) is 5.70. The SMILES string of the molecule is CCCCC1C=C(F)C(=O)/C1=C/C(C)C. The lowest BCUT2D eigenvalue weighted by atomic mass is 9.93. The minimum Gasteiger partial charge on any atom is -0.286 e. The lowest BCUT2D eigenvalue weighted by molar-refractivity contribution is -0.113. The standard InChI is InChI=1S/C13H19FO/c1-4-5-6-10-8-12(14)13(15)11(10)7-9(2)3/h7-10H,4-6H2,1-3H3/b11-7+. The van der Waals surface area contributed by atoms with Crippen LogP contribution in [0.25, 0.3) is 0 Å². The van der Waals surface area contributed by atoms with Crippen LogP contribution in [0.4, 0.5) is 4.39 Å². The summed E-state index contributed by atoms with van der Waals surface area (Å²) in [5.41, 5.74) is 0.663. The molecule has 0 radical (unpaired) electrons. The van der Waals surface area contributed by atoms with Crippen molar-refractivity contribution in [3.8, 4) is 0 Å². The first-order valence-electron chi connectivity index (χ1n) is 5.70. The highest BCUT2D eigenvalue weighted by atomic mass is 19.1. The predicted octanol–water partition coefficient (Wildman–Crippen LogP) is 3.81. The van der Waals surface area contributed by atoms with Crippen LogP contribution in [0.2, 0.25) is 0 Å². The number of rotatable bonds is 4. The van der Waals surface area contributed by atoms with E-state index in [4.69, 9.17) is 0 Å². The zero-order chi connectivity index (χ0) is 11.4. The quantitative estimate of drug-likeness (QED) is 0.645. The first kappa shape index (κ1) is 12.2. The van der Waals surface area contributed by atoms with E-state index in [9.17, 15) is 9.18 Å². The molecule has 0 bridgehead atoms. The Morgan fingerprint density at radius 3 is 2.73 bits per heavy atom. The van der Waals surface area contributed by atoms with Gasteiger partial charge in [0.15, 0.2) is 5.83 Å². The molecule has 1 aliphatic rings. The van der Waals surface area contributed by atoms with Crippen LogP contribution in [-0.4, -0.2) is 5.78 Å². The topological polar surface area (TPSA) is 17.1 Å². The number of carbonyl (C=O) groups is 1. The minimum absolute atomic E-state index is 0.0137. The molecule has 0 spiro atoms. The third-order valence-electron chi connectivity index (χ3n) is 2.61. The van der Waals surface area contributed by atoms with E-state index < -0.39 is 11.6 Å². The van der Waals surface area contributed by atoms with Crippen molar-refractivity contribution in [2.45, 2.75) is 40.0 Å². The average molecular weight is 210 g/mol. The summed E-state index contributed by atoms with van der Waals surface area (Å²) in [6.45, 7) is 6.11. The maximum Gasteiger partial charge on any atom is 0.217 e. The normalized spacial score (nSPS) is 24.1. The Kier molecular flexibility index (Phi) is 4.25. The van der Waals surface area contributed by atoms with Gasteiger partial charge in [0.25, 0.3) is 0 Å². The summed E-state index contributed by atoms with van der Waals surface area (Å²) >= 11 is 0. The van der Waals surface area contributed by atoms with Crippen LogP contribution in [0.5, 0.6) is 0 Å². The molecular weight excluding hydrogens is 191 g/mol. The molecule has 0 aromatic carbocycles. The largest absolute Gasteiger partial charge is 0.286 e. The molecule has 0 aromatic heterocycles. The van der Waals surface area contributed by atoms with E-state index in [2.05, 4.69) is 6.92 Å². The molecule has 0 amide bonds. The number of carbonyl (C=O) groups excluding carboxylic acids is 1. The molecule has 15 heavy (non-hydrogen) atoms. The Balaban J connectivity index is 2.79. The Morgan fingerprint density at radius 1 is 1.53 bits per heavy atom. The molecule has 0 aliphatic heterocycles. The van der Waals surface area contributed by atoms with Crippen LogP contribution in [0, 0.1) is 11.8 Å². The fourth-order valence-corrected chi connectivity index (χ4v) is 1.87. The van der Waals surface area contributed by atoms with E-state index in [1.54, 1.807) is 0 Å². The molecule has 1 unspecified atom stereocenters. The lowest BCUT2D eigenvalue weighted by Crippen LogP contribution is -2.05. The van der Waals surface area contributed by atoms with E-state index in [0.717, 1.165) is 19.3 Å². The van der Waals surface area contributed by atoms with Gasteiger partial charge in [-0.25, -0.2) is 4.39 Å². The lowest BCUT2D eigenvalue weighted by Gasteiger charge is -2.10. The fraction of sp³-hybridized carbons (Fsp3) is 0.615. The van der Waals surface area contributed by atoms with Crippen LogP contribution < -0.4 is 0 Å². The second kappa shape index (κ2) is 5.24. The second-order valence-corrected chi connectivity index (χ2v) is 4.46. The number of allylic oxidation sites excluding steroid dienone is 4. The van der Waals surface area contributed by atoms with Crippen molar-refractivity contribution in [1.29, 1.82) is 0 Å². The van der Waals surface area contributed by atoms with Crippen molar-refractivity contribution in [1.82, 2.24) is 0 Å². The van der Waals surface area contributed by atoms with Crippen LogP contribution >= 0.6 is 0 Å². The fourth-order valence-electron chi connectivity index (χ4n) is 1.87. The summed E-state index contributed by atoms with van der Waals surface area (Å²) in [5, 5.41) is 0. The van der Waals surface area contributed by atoms with Crippen molar-refractivity contribution in [2.75, 3.05) is 0 Å². The highest BCUT2D eigenvalue weighted by Gasteiger charge is 2.29. The van der Waals surface area contributed by atoms with Crippen molar-refractivity contribution in [2.24, 2.45) is 11.8 Å². The molecule has 84 valence electrons. The zero-order valence-electron chi connectivity index (χ0n) is 9.72. The van der Waals surface area contributed by atoms with Crippen LogP contribution in [-0.2, 0) is 4.79 Å². The Bertz CT molecular complexity index is 300. The molecule has 0 aromatic rings. The van der Waals surface area contributed by atoms with E-state index in [-0.39, 0.29) is 5.92 Å². The van der Waals surface area contributed by atoms with Crippen molar-refractivity contribution < 1.29 is 9.18 Å². The monoisotopic (exact) mass is 210 g/mol. The van der Waals surface area contributed by atoms with E-state index in [1.165, 1.54) is 6.08 Å². The number of unbranched alkanes of at least 4 members (excludes halogenated alkanes) is 1. The van der Waals surface area contributed by atoms with Gasteiger partial charge in [-0.2, -0.15) is 0 Å². The summed E-state index contributed by atoms with van der Waals surface area (Å²) in [6.07, 6.45) is 6.37. The molecule has 0 saturated heterocycles. The van der Waals surface area contributed by atoms with Crippen LogP contribution in [0.1, 0.15) is 40.0 Å². The molecular formula is C13H19FO. The van der Waals surface area contributed by atoms with Crippen molar-refractivity contribution in [3.05, 3.63) is 23.6 Å². The van der Waals surface area contributed by atoms with Gasteiger partial charge in [-0.05, 0) is 18.4 Å². The van der Waals surface area contributed by atoms with Gasteiger partial charge in [0.2, 0.25) is 5.78 Å². The van der Waals surface area contributed by atoms with Crippen molar-refractivity contribution >= 4 is 5.78 Å². The van der Waals surface area contributed by atoms with Gasteiger partial charge in [-0.1, -0.05) is 39.7 Å². The summed E-state index contributed by atoms with van der Waals surface area (Å²) in [4.78, 5) is 11.5. The number of hydrogen-bond acceptors (Lipinski definition) is 1. The minimum atomic E-state index is -0.567. The third kappa shape index (κ3) is 3.01. The molecule has 0 fully saturated rings. The first-order chi connectivity index (χ1) is 7.06. The summed E-state index contributed by atoms with van der Waals surface area (Å²) in [6, 6.07) is 0. The molecule has 1 aliphatic carbocycles. The van der Waals surface area contributed by atoms with Gasteiger partial charge < -0.3 is 0 Å². The van der Waals surface area contributed by atoms with E-state index in [0.29, 0.717) is 11.5 Å². The maximum atomic E-state index is 13.2. The van der Waals surface area contributed by atoms with Crippen LogP contribution in [0.15, 0.2) is 23.6 Å². The highest BCUT2D eigenvalue weighted by Crippen LogP contribution is 2.32. The molecule has 0 N–H and O–H groups in total. The molecule has 1 nitrogen and oxygen atoms in total. The summed E-state index contributed by atoms with van der Waals surface area (Å²) in [5.74, 6) is -0.653. The van der Waals surface area contributed by atoms with Gasteiger partial charge >= 0.3 is 0 Å². The van der Waals surface area contributed by atoms with Gasteiger partial charge in [0.1, 0.15) is 0 Å². The summed E-state index contributed by atoms with van der Waals surface area (Å²) < 4.78 is 13.2. The number of hydrogen-bond donors (Lipinski definition) is 0. The smallest absolute Gasteiger partial charge is 0.217 e. The molecule has 0 saturated carbocycles. The Labute approximate surface area is 91.1 Å². The molecule has 0 heterocycles. The number of Topliss-reactive ketones (excluding diaryl/α,β-unsaturated/α-hetero) is 1. The van der Waals surface area contributed by atoms with Gasteiger partial charge in [-0.15, -0.1) is 0 Å². The molecule has 2 heteroatoms. The Hall–Kier alpha value is -0.920. The third-order valence-corrected chi connectivity index (χ3v) is 2.61. The predicted molar refractivity (Wildman–Crippen MR) is 60.1 cm³/mol. The van der Waals surface area contributed by atoms with Gasteiger partial charge in [0, 0.05) is 11.5 Å². The van der Waals surface area contributed by atoms with Gasteiger partial charge in [-0.3, -0.25) is 4.79 Å². The number of ketones is 1. The Morgan fingerprint density at radius 2 is 2.20 bits per heavy atom. The van der Waals surface area contributed by atoms with Crippen molar-refractivity contribution in [3.63, 3.8) is 0 Å². The maximum absolute atomic E-state index is 13.2. The zero-order valence-corrected chi connectivity index (χ0v) is 9.72. The molecule has 1 rings (SSSR count). The highest BCUT2D eigenvalue weighted by molar-refractivity contribution is 6.09. The average Bonchev–Trinajstić information content (AvgIpc) is 2.42. The molecule has 1 atom stereocenters. The number of halogens is 1. The summed E-state index contributed by atoms with van der Waals surface area (Å²) in [7, 11) is 0. The van der Waals surface area contributed by atoms with E-state index in [1.807, 2.05) is 19.9 Å².